The average Bonchev–Trinajstić information content (AvgIpc) is 3.11. The summed E-state index contributed by atoms with van der Waals surface area (Å²) in [5.41, 5.74) is 7.79. The zero-order valence-corrected chi connectivity index (χ0v) is 16.0. The van der Waals surface area contributed by atoms with Gasteiger partial charge in [-0.15, -0.1) is 0 Å². The quantitative estimate of drug-likeness (QED) is 0.334. The van der Waals surface area contributed by atoms with Crippen LogP contribution in [0.2, 0.25) is 0 Å². The topological polar surface area (TPSA) is 16.4 Å². The Morgan fingerprint density at radius 3 is 2.32 bits per heavy atom. The molecule has 0 aliphatic carbocycles. The monoisotopic (exact) mass is 363 g/mol. The standard InChI is InChI=1S/C26H21NO/c1-18-12-15-25-23(16-18)22-14-13-20(17-26(22)28-25)27(2)24-11-7-6-10-21(24)19-8-4-3-5-9-19/h3-17H,1-2H3. The maximum atomic E-state index is 6.12. The Morgan fingerprint density at radius 2 is 1.46 bits per heavy atom. The van der Waals surface area contributed by atoms with Crippen LogP contribution in [-0.2, 0) is 0 Å². The molecule has 5 aromatic rings. The summed E-state index contributed by atoms with van der Waals surface area (Å²) in [7, 11) is 2.11. The van der Waals surface area contributed by atoms with Crippen LogP contribution in [0.15, 0.2) is 95.4 Å². The number of hydrogen-bond acceptors (Lipinski definition) is 2. The third-order valence-electron chi connectivity index (χ3n) is 5.35. The second-order valence-corrected chi connectivity index (χ2v) is 7.22. The molecule has 2 heteroatoms. The van der Waals surface area contributed by atoms with Crippen LogP contribution in [-0.4, -0.2) is 7.05 Å². The molecule has 28 heavy (non-hydrogen) atoms. The van der Waals surface area contributed by atoms with Crippen LogP contribution >= 0.6 is 0 Å². The largest absolute Gasteiger partial charge is 0.456 e. The van der Waals surface area contributed by atoms with Crippen molar-refractivity contribution in [3.63, 3.8) is 0 Å². The van der Waals surface area contributed by atoms with E-state index in [-0.39, 0.29) is 0 Å². The van der Waals surface area contributed by atoms with Gasteiger partial charge in [0.15, 0.2) is 0 Å². The van der Waals surface area contributed by atoms with E-state index >= 15 is 0 Å². The molecule has 1 heterocycles. The molecule has 0 atom stereocenters. The second-order valence-electron chi connectivity index (χ2n) is 7.22. The summed E-state index contributed by atoms with van der Waals surface area (Å²) in [5, 5.41) is 2.33. The zero-order chi connectivity index (χ0) is 19.1. The van der Waals surface area contributed by atoms with Crippen molar-refractivity contribution in [3.8, 4) is 11.1 Å². The van der Waals surface area contributed by atoms with E-state index in [1.54, 1.807) is 0 Å². The first-order valence-corrected chi connectivity index (χ1v) is 9.52. The molecular formula is C26H21NO. The molecular weight excluding hydrogens is 342 g/mol. The van der Waals surface area contributed by atoms with E-state index in [2.05, 4.69) is 104 Å². The van der Waals surface area contributed by atoms with Gasteiger partial charge in [0.1, 0.15) is 11.2 Å². The van der Waals surface area contributed by atoms with Crippen LogP contribution < -0.4 is 4.90 Å². The number of hydrogen-bond donors (Lipinski definition) is 0. The van der Waals surface area contributed by atoms with Gasteiger partial charge in [0.2, 0.25) is 0 Å². The highest BCUT2D eigenvalue weighted by Gasteiger charge is 2.13. The second kappa shape index (κ2) is 6.58. The molecule has 4 aromatic carbocycles. The summed E-state index contributed by atoms with van der Waals surface area (Å²) in [6.45, 7) is 2.11. The Kier molecular flexibility index (Phi) is 3.91. The van der Waals surface area contributed by atoms with Crippen LogP contribution in [0.1, 0.15) is 5.56 Å². The SMILES string of the molecule is Cc1ccc2oc3cc(N(C)c4ccccc4-c4ccccc4)ccc3c2c1. The molecule has 2 nitrogen and oxygen atoms in total. The summed E-state index contributed by atoms with van der Waals surface area (Å²) in [4.78, 5) is 2.22. The van der Waals surface area contributed by atoms with Crippen molar-refractivity contribution in [2.75, 3.05) is 11.9 Å². The van der Waals surface area contributed by atoms with Gasteiger partial charge in [0.25, 0.3) is 0 Å². The summed E-state index contributed by atoms with van der Waals surface area (Å²) >= 11 is 0. The van der Waals surface area contributed by atoms with Gasteiger partial charge in [-0.25, -0.2) is 0 Å². The fraction of sp³-hybridized carbons (Fsp3) is 0.0769. The molecule has 0 fully saturated rings. The Bertz CT molecular complexity index is 1280. The smallest absolute Gasteiger partial charge is 0.137 e. The number of anilines is 2. The lowest BCUT2D eigenvalue weighted by atomic mass is 10.0. The first kappa shape index (κ1) is 16.6. The lowest BCUT2D eigenvalue weighted by Crippen LogP contribution is -2.10. The van der Waals surface area contributed by atoms with E-state index in [4.69, 9.17) is 4.42 Å². The van der Waals surface area contributed by atoms with Crippen molar-refractivity contribution in [1.82, 2.24) is 0 Å². The molecule has 0 N–H and O–H groups in total. The van der Waals surface area contributed by atoms with Crippen LogP contribution in [0.4, 0.5) is 11.4 Å². The van der Waals surface area contributed by atoms with Gasteiger partial charge in [-0.05, 0) is 42.8 Å². The van der Waals surface area contributed by atoms with E-state index in [1.165, 1.54) is 27.8 Å². The number of furan rings is 1. The number of aryl methyl sites for hydroxylation is 1. The Morgan fingerprint density at radius 1 is 0.679 bits per heavy atom. The van der Waals surface area contributed by atoms with Crippen LogP contribution in [0.3, 0.4) is 0 Å². The van der Waals surface area contributed by atoms with E-state index in [1.807, 2.05) is 6.07 Å². The number of para-hydroxylation sites is 1. The molecule has 0 saturated heterocycles. The fourth-order valence-corrected chi connectivity index (χ4v) is 3.86. The molecule has 0 amide bonds. The van der Waals surface area contributed by atoms with Crippen molar-refractivity contribution >= 4 is 33.3 Å². The minimum absolute atomic E-state index is 0.919. The fourth-order valence-electron chi connectivity index (χ4n) is 3.86. The third-order valence-corrected chi connectivity index (χ3v) is 5.35. The number of benzene rings is 4. The molecule has 0 aliphatic rings. The molecule has 0 bridgehead atoms. The molecule has 5 rings (SSSR count). The van der Waals surface area contributed by atoms with Crippen LogP contribution in [0, 0.1) is 6.92 Å². The minimum Gasteiger partial charge on any atom is -0.456 e. The molecule has 0 unspecified atom stereocenters. The Balaban J connectivity index is 1.62. The first-order valence-electron chi connectivity index (χ1n) is 9.52. The molecule has 0 radical (unpaired) electrons. The Hall–Kier alpha value is -3.52. The van der Waals surface area contributed by atoms with Gasteiger partial charge in [0.05, 0.1) is 0 Å². The zero-order valence-electron chi connectivity index (χ0n) is 16.0. The Labute approximate surface area is 164 Å². The van der Waals surface area contributed by atoms with Gasteiger partial charge in [0, 0.05) is 40.8 Å². The molecule has 136 valence electrons. The molecule has 0 aliphatic heterocycles. The van der Waals surface area contributed by atoms with Crippen LogP contribution in [0.25, 0.3) is 33.1 Å². The highest BCUT2D eigenvalue weighted by molar-refractivity contribution is 6.06. The summed E-state index contributed by atoms with van der Waals surface area (Å²) in [6.07, 6.45) is 0. The summed E-state index contributed by atoms with van der Waals surface area (Å²) < 4.78 is 6.12. The van der Waals surface area contributed by atoms with Gasteiger partial charge in [-0.1, -0.05) is 60.2 Å². The van der Waals surface area contributed by atoms with Gasteiger partial charge in [-0.3, -0.25) is 0 Å². The van der Waals surface area contributed by atoms with E-state index in [0.717, 1.165) is 22.2 Å². The predicted octanol–water partition coefficient (Wildman–Crippen LogP) is 7.33. The van der Waals surface area contributed by atoms with Gasteiger partial charge in [-0.2, -0.15) is 0 Å². The summed E-state index contributed by atoms with van der Waals surface area (Å²) in [5.74, 6) is 0. The number of fused-ring (bicyclic) bond motifs is 3. The number of nitrogens with zero attached hydrogens (tertiary/aromatic N) is 1. The normalized spacial score (nSPS) is 11.2. The van der Waals surface area contributed by atoms with E-state index in [0.29, 0.717) is 0 Å². The maximum absolute atomic E-state index is 6.12. The van der Waals surface area contributed by atoms with Crippen LogP contribution in [0.5, 0.6) is 0 Å². The van der Waals surface area contributed by atoms with Gasteiger partial charge >= 0.3 is 0 Å². The lowest BCUT2D eigenvalue weighted by Gasteiger charge is -2.23. The maximum Gasteiger partial charge on any atom is 0.137 e. The first-order chi connectivity index (χ1) is 13.7. The van der Waals surface area contributed by atoms with Crippen molar-refractivity contribution < 1.29 is 4.42 Å². The molecule has 1 aromatic heterocycles. The number of rotatable bonds is 3. The van der Waals surface area contributed by atoms with Gasteiger partial charge < -0.3 is 9.32 Å². The molecule has 0 saturated carbocycles. The predicted molar refractivity (Wildman–Crippen MR) is 118 cm³/mol. The highest BCUT2D eigenvalue weighted by atomic mass is 16.3. The van der Waals surface area contributed by atoms with Crippen molar-refractivity contribution in [2.45, 2.75) is 6.92 Å². The minimum atomic E-state index is 0.919. The highest BCUT2D eigenvalue weighted by Crippen LogP contribution is 2.37. The molecule has 0 spiro atoms. The van der Waals surface area contributed by atoms with E-state index < -0.39 is 0 Å². The average molecular weight is 363 g/mol. The van der Waals surface area contributed by atoms with Crippen molar-refractivity contribution in [2.24, 2.45) is 0 Å². The lowest BCUT2D eigenvalue weighted by molar-refractivity contribution is 0.669. The van der Waals surface area contributed by atoms with Crippen molar-refractivity contribution in [1.29, 1.82) is 0 Å². The summed E-state index contributed by atoms with van der Waals surface area (Å²) in [6, 6.07) is 31.8. The van der Waals surface area contributed by atoms with E-state index in [9.17, 15) is 0 Å². The van der Waals surface area contributed by atoms with Crippen molar-refractivity contribution in [3.05, 3.63) is 96.6 Å². The third kappa shape index (κ3) is 2.74.